The Kier molecular flexibility index (Phi) is 5.52. The van der Waals surface area contributed by atoms with Crippen LogP contribution in [0.4, 0.5) is 11.4 Å². The van der Waals surface area contributed by atoms with Crippen LogP contribution in [0, 0.1) is 0 Å². The highest BCUT2D eigenvalue weighted by Gasteiger charge is 2.05. The minimum atomic E-state index is -2.17. The standard InChI is InChI=1S/C17H15N5O3S/c23-17(21-14-2-1-3-15(8-14)22-26(24)25)5-4-12-9-18-7-6-16(12)13-10-19-20-11-13/h1-11,22H,(H,19,20)(H,21,23)(H,24,25)/b5-4+. The first-order chi connectivity index (χ1) is 12.6. The normalized spacial score (nSPS) is 12.0. The summed E-state index contributed by atoms with van der Waals surface area (Å²) in [6, 6.07) is 8.35. The number of anilines is 2. The van der Waals surface area contributed by atoms with E-state index in [-0.39, 0.29) is 5.91 Å². The molecule has 1 atom stereocenters. The maximum absolute atomic E-state index is 12.2. The number of hydrogen-bond donors (Lipinski definition) is 4. The van der Waals surface area contributed by atoms with E-state index in [0.717, 1.165) is 16.7 Å². The molecule has 0 saturated heterocycles. The summed E-state index contributed by atoms with van der Waals surface area (Å²) in [7, 11) is 0. The van der Waals surface area contributed by atoms with Crippen LogP contribution >= 0.6 is 0 Å². The number of H-pyrrole nitrogens is 1. The number of hydrogen-bond acceptors (Lipinski definition) is 4. The molecule has 0 spiro atoms. The predicted molar refractivity (Wildman–Crippen MR) is 100 cm³/mol. The molecule has 1 unspecified atom stereocenters. The third-order valence-electron chi connectivity index (χ3n) is 3.41. The van der Waals surface area contributed by atoms with E-state index in [9.17, 15) is 9.00 Å². The van der Waals surface area contributed by atoms with Gasteiger partial charge in [-0.05, 0) is 35.9 Å². The van der Waals surface area contributed by atoms with Gasteiger partial charge in [0.2, 0.25) is 5.91 Å². The highest BCUT2D eigenvalue weighted by molar-refractivity contribution is 7.80. The van der Waals surface area contributed by atoms with Gasteiger partial charge >= 0.3 is 0 Å². The van der Waals surface area contributed by atoms with E-state index >= 15 is 0 Å². The molecule has 0 fully saturated rings. The van der Waals surface area contributed by atoms with E-state index in [1.165, 1.54) is 6.08 Å². The summed E-state index contributed by atoms with van der Waals surface area (Å²) in [5.41, 5.74) is 3.48. The van der Waals surface area contributed by atoms with Crippen molar-refractivity contribution in [2.45, 2.75) is 0 Å². The van der Waals surface area contributed by atoms with Crippen molar-refractivity contribution in [3.8, 4) is 11.1 Å². The first kappa shape index (κ1) is 17.5. The Morgan fingerprint density at radius 1 is 1.23 bits per heavy atom. The van der Waals surface area contributed by atoms with Gasteiger partial charge in [-0.15, -0.1) is 0 Å². The monoisotopic (exact) mass is 369 g/mol. The van der Waals surface area contributed by atoms with Crippen LogP contribution in [-0.2, 0) is 16.1 Å². The Morgan fingerprint density at radius 2 is 2.08 bits per heavy atom. The lowest BCUT2D eigenvalue weighted by Gasteiger charge is -2.06. The molecule has 2 aromatic heterocycles. The van der Waals surface area contributed by atoms with Gasteiger partial charge < -0.3 is 5.32 Å². The number of nitrogens with one attached hydrogen (secondary N) is 3. The minimum Gasteiger partial charge on any atom is -0.322 e. The Bertz CT molecular complexity index is 957. The molecule has 132 valence electrons. The van der Waals surface area contributed by atoms with Gasteiger partial charge in [0.25, 0.3) is 11.3 Å². The summed E-state index contributed by atoms with van der Waals surface area (Å²) < 4.78 is 22.0. The quantitative estimate of drug-likeness (QED) is 0.393. The Labute approximate surface area is 151 Å². The molecule has 9 heteroatoms. The zero-order valence-electron chi connectivity index (χ0n) is 13.4. The average molecular weight is 369 g/mol. The van der Waals surface area contributed by atoms with Crippen LogP contribution in [0.5, 0.6) is 0 Å². The molecule has 3 aromatic rings. The van der Waals surface area contributed by atoms with Crippen molar-refractivity contribution >= 4 is 34.6 Å². The highest BCUT2D eigenvalue weighted by atomic mass is 32.2. The van der Waals surface area contributed by atoms with Crippen molar-refractivity contribution in [1.29, 1.82) is 0 Å². The van der Waals surface area contributed by atoms with Crippen LogP contribution in [-0.4, -0.2) is 29.9 Å². The summed E-state index contributed by atoms with van der Waals surface area (Å²) in [5.74, 6) is -0.339. The summed E-state index contributed by atoms with van der Waals surface area (Å²) in [6.45, 7) is 0. The molecule has 2 heterocycles. The van der Waals surface area contributed by atoms with Crippen molar-refractivity contribution in [1.82, 2.24) is 15.2 Å². The Hall–Kier alpha value is -3.30. The molecule has 26 heavy (non-hydrogen) atoms. The minimum absolute atomic E-state index is 0.339. The Morgan fingerprint density at radius 3 is 2.85 bits per heavy atom. The molecule has 0 aliphatic heterocycles. The summed E-state index contributed by atoms with van der Waals surface area (Å²) in [4.78, 5) is 16.2. The van der Waals surface area contributed by atoms with Crippen LogP contribution in [0.2, 0.25) is 0 Å². The van der Waals surface area contributed by atoms with E-state index in [1.54, 1.807) is 55.1 Å². The molecule has 3 rings (SSSR count). The number of aromatic nitrogens is 3. The third kappa shape index (κ3) is 4.62. The number of carbonyl (C=O) groups excluding carboxylic acids is 1. The van der Waals surface area contributed by atoms with Gasteiger partial charge in [-0.3, -0.25) is 24.2 Å². The van der Waals surface area contributed by atoms with Crippen LogP contribution in [0.15, 0.2) is 61.2 Å². The van der Waals surface area contributed by atoms with E-state index in [2.05, 4.69) is 25.2 Å². The Balaban J connectivity index is 1.72. The second kappa shape index (κ2) is 8.19. The zero-order chi connectivity index (χ0) is 18.4. The number of nitrogens with zero attached hydrogens (tertiary/aromatic N) is 2. The summed E-state index contributed by atoms with van der Waals surface area (Å²) in [5, 5.41) is 9.37. The van der Waals surface area contributed by atoms with Crippen LogP contribution < -0.4 is 10.0 Å². The molecule has 0 bridgehead atoms. The molecule has 1 amide bonds. The molecule has 0 aliphatic rings. The maximum atomic E-state index is 12.2. The van der Waals surface area contributed by atoms with Crippen molar-refractivity contribution in [2.75, 3.05) is 10.0 Å². The van der Waals surface area contributed by atoms with Crippen LogP contribution in [0.1, 0.15) is 5.56 Å². The first-order valence-electron chi connectivity index (χ1n) is 7.51. The van der Waals surface area contributed by atoms with Crippen LogP contribution in [0.3, 0.4) is 0 Å². The lowest BCUT2D eigenvalue weighted by Crippen LogP contribution is -2.08. The maximum Gasteiger partial charge on any atom is 0.259 e. The molecule has 4 N–H and O–H groups in total. The molecule has 1 aromatic carbocycles. The van der Waals surface area contributed by atoms with Gasteiger partial charge in [-0.1, -0.05) is 6.07 Å². The number of aromatic amines is 1. The molecule has 0 aliphatic carbocycles. The molecule has 8 nitrogen and oxygen atoms in total. The molecular weight excluding hydrogens is 354 g/mol. The van der Waals surface area contributed by atoms with Gasteiger partial charge in [0.1, 0.15) is 0 Å². The number of pyridine rings is 1. The fourth-order valence-electron chi connectivity index (χ4n) is 2.31. The number of carbonyl (C=O) groups is 1. The van der Waals surface area contributed by atoms with E-state index < -0.39 is 11.3 Å². The predicted octanol–water partition coefficient (Wildman–Crippen LogP) is 2.67. The van der Waals surface area contributed by atoms with Gasteiger partial charge in [0, 0.05) is 41.5 Å². The fourth-order valence-corrected chi connectivity index (χ4v) is 2.64. The summed E-state index contributed by atoms with van der Waals surface area (Å²) in [6.07, 6.45) is 9.84. The highest BCUT2D eigenvalue weighted by Crippen LogP contribution is 2.22. The second-order valence-corrected chi connectivity index (χ2v) is 5.91. The number of rotatable bonds is 6. The van der Waals surface area contributed by atoms with Crippen molar-refractivity contribution in [3.05, 3.63) is 66.8 Å². The number of amides is 1. The van der Waals surface area contributed by atoms with Gasteiger partial charge in [0.05, 0.1) is 11.9 Å². The SMILES string of the molecule is O=C(/C=C/c1cnccc1-c1cn[nH]c1)Nc1cccc(NS(=O)O)c1. The zero-order valence-corrected chi connectivity index (χ0v) is 14.2. The smallest absolute Gasteiger partial charge is 0.259 e. The number of benzene rings is 1. The van der Waals surface area contributed by atoms with E-state index in [4.69, 9.17) is 4.55 Å². The van der Waals surface area contributed by atoms with E-state index in [0.29, 0.717) is 11.4 Å². The van der Waals surface area contributed by atoms with Crippen LogP contribution in [0.25, 0.3) is 17.2 Å². The third-order valence-corrected chi connectivity index (χ3v) is 3.82. The largest absolute Gasteiger partial charge is 0.322 e. The van der Waals surface area contributed by atoms with Gasteiger partial charge in [0.15, 0.2) is 0 Å². The topological polar surface area (TPSA) is 120 Å². The molecular formula is C17H15N5O3S. The second-order valence-electron chi connectivity index (χ2n) is 5.20. The fraction of sp³-hybridized carbons (Fsp3) is 0. The molecule has 0 radical (unpaired) electrons. The van der Waals surface area contributed by atoms with Crippen molar-refractivity contribution in [3.63, 3.8) is 0 Å². The average Bonchev–Trinajstić information content (AvgIpc) is 3.14. The molecule has 0 saturated carbocycles. The lowest BCUT2D eigenvalue weighted by atomic mass is 10.0. The van der Waals surface area contributed by atoms with Gasteiger partial charge in [-0.2, -0.15) is 5.10 Å². The summed E-state index contributed by atoms with van der Waals surface area (Å²) >= 11 is -2.17. The van der Waals surface area contributed by atoms with Crippen molar-refractivity contribution in [2.24, 2.45) is 0 Å². The van der Waals surface area contributed by atoms with Gasteiger partial charge in [-0.25, -0.2) is 4.21 Å². The first-order valence-corrected chi connectivity index (χ1v) is 8.62. The van der Waals surface area contributed by atoms with Crippen molar-refractivity contribution < 1.29 is 13.6 Å². The van der Waals surface area contributed by atoms with E-state index in [1.807, 2.05) is 6.07 Å². The lowest BCUT2D eigenvalue weighted by molar-refractivity contribution is -0.111.